The van der Waals surface area contributed by atoms with Gasteiger partial charge in [0, 0.05) is 13.1 Å². The van der Waals surface area contributed by atoms with Crippen LogP contribution in [-0.4, -0.2) is 29.1 Å². The fourth-order valence-corrected chi connectivity index (χ4v) is 2.75. The van der Waals surface area contributed by atoms with Crippen molar-refractivity contribution in [3.8, 4) is 0 Å². The van der Waals surface area contributed by atoms with E-state index < -0.39 is 5.97 Å². The van der Waals surface area contributed by atoms with Crippen LogP contribution in [-0.2, 0) is 0 Å². The second-order valence-electron chi connectivity index (χ2n) is 5.30. The normalized spacial score (nSPS) is 20.1. The van der Waals surface area contributed by atoms with Gasteiger partial charge < -0.3 is 10.0 Å². The van der Waals surface area contributed by atoms with Gasteiger partial charge in [0.15, 0.2) is 0 Å². The maximum absolute atomic E-state index is 11.0. The summed E-state index contributed by atoms with van der Waals surface area (Å²) in [6.07, 6.45) is 4.94. The lowest BCUT2D eigenvalue weighted by Crippen LogP contribution is -2.25. The van der Waals surface area contributed by atoms with E-state index in [1.165, 1.54) is 25.7 Å². The van der Waals surface area contributed by atoms with Gasteiger partial charge in [-0.1, -0.05) is 13.3 Å². The van der Waals surface area contributed by atoms with Gasteiger partial charge in [-0.05, 0) is 44.2 Å². The Morgan fingerprint density at radius 1 is 1.42 bits per heavy atom. The highest BCUT2D eigenvalue weighted by Gasteiger charge is 2.18. The molecule has 104 valence electrons. The molecule has 1 aliphatic heterocycles. The molecule has 1 atom stereocenters. The highest BCUT2D eigenvalue weighted by molar-refractivity contribution is 5.89. The van der Waals surface area contributed by atoms with E-state index in [0.717, 1.165) is 24.8 Å². The van der Waals surface area contributed by atoms with Gasteiger partial charge in [0.1, 0.15) is 5.82 Å². The zero-order valence-corrected chi connectivity index (χ0v) is 11.7. The quantitative estimate of drug-likeness (QED) is 0.909. The molecule has 4 heteroatoms. The molecule has 0 aliphatic carbocycles. The zero-order valence-electron chi connectivity index (χ0n) is 11.7. The van der Waals surface area contributed by atoms with E-state index >= 15 is 0 Å². The monoisotopic (exact) mass is 262 g/mol. The molecule has 1 saturated heterocycles. The van der Waals surface area contributed by atoms with Crippen molar-refractivity contribution in [3.63, 3.8) is 0 Å². The number of hydrogen-bond donors (Lipinski definition) is 1. The van der Waals surface area contributed by atoms with Gasteiger partial charge in [-0.3, -0.25) is 0 Å². The molecular weight excluding hydrogens is 240 g/mol. The Labute approximate surface area is 114 Å². The van der Waals surface area contributed by atoms with Gasteiger partial charge in [-0.2, -0.15) is 0 Å². The molecule has 2 rings (SSSR count). The summed E-state index contributed by atoms with van der Waals surface area (Å²) in [6.45, 7) is 6.07. The maximum Gasteiger partial charge on any atom is 0.337 e. The third-order valence-electron chi connectivity index (χ3n) is 4.05. The van der Waals surface area contributed by atoms with Gasteiger partial charge >= 0.3 is 5.97 Å². The van der Waals surface area contributed by atoms with Crippen LogP contribution in [0.15, 0.2) is 12.1 Å². The Hall–Kier alpha value is -1.58. The van der Waals surface area contributed by atoms with Crippen LogP contribution in [0, 0.1) is 12.8 Å². The molecule has 19 heavy (non-hydrogen) atoms. The first-order valence-corrected chi connectivity index (χ1v) is 7.07. The van der Waals surface area contributed by atoms with Crippen molar-refractivity contribution in [2.24, 2.45) is 5.92 Å². The van der Waals surface area contributed by atoms with Crippen LogP contribution < -0.4 is 4.90 Å². The van der Waals surface area contributed by atoms with Gasteiger partial charge in [0.05, 0.1) is 11.3 Å². The number of carboxylic acid groups (broad SMARTS) is 1. The van der Waals surface area contributed by atoms with Crippen LogP contribution >= 0.6 is 0 Å². The third-order valence-corrected chi connectivity index (χ3v) is 4.05. The summed E-state index contributed by atoms with van der Waals surface area (Å²) < 4.78 is 0. The predicted octanol–water partition coefficient (Wildman–Crippen LogP) is 3.10. The number of pyridine rings is 1. The topological polar surface area (TPSA) is 53.4 Å². The van der Waals surface area contributed by atoms with Crippen LogP contribution in [0.5, 0.6) is 0 Å². The second kappa shape index (κ2) is 6.04. The fraction of sp³-hybridized carbons (Fsp3) is 0.600. The Balaban J connectivity index is 2.13. The van der Waals surface area contributed by atoms with Gasteiger partial charge in [0.25, 0.3) is 0 Å². The predicted molar refractivity (Wildman–Crippen MR) is 75.8 cm³/mol. The van der Waals surface area contributed by atoms with E-state index in [-0.39, 0.29) is 0 Å². The molecule has 4 nitrogen and oxygen atoms in total. The highest BCUT2D eigenvalue weighted by Crippen LogP contribution is 2.24. The summed E-state index contributed by atoms with van der Waals surface area (Å²) in [5.41, 5.74) is 0.895. The Bertz CT molecular complexity index is 459. The van der Waals surface area contributed by atoms with Crippen molar-refractivity contribution >= 4 is 11.8 Å². The highest BCUT2D eigenvalue weighted by atomic mass is 16.4. The van der Waals surface area contributed by atoms with E-state index in [1.54, 1.807) is 13.0 Å². The molecule has 0 bridgehead atoms. The molecule has 0 amide bonds. The van der Waals surface area contributed by atoms with Crippen molar-refractivity contribution in [1.29, 1.82) is 0 Å². The van der Waals surface area contributed by atoms with Crippen molar-refractivity contribution in [2.45, 2.75) is 39.5 Å². The average molecular weight is 262 g/mol. The summed E-state index contributed by atoms with van der Waals surface area (Å²) in [7, 11) is 0. The molecule has 0 aromatic carbocycles. The van der Waals surface area contributed by atoms with E-state index in [1.807, 2.05) is 6.07 Å². The first-order chi connectivity index (χ1) is 9.11. The molecule has 1 aromatic heterocycles. The molecule has 0 saturated carbocycles. The number of hydrogen-bond acceptors (Lipinski definition) is 3. The standard InChI is InChI=1S/C15H22N2O2/c1-3-12-5-4-9-17(10-8-12)14-7-6-13(15(18)19)11(2)16-14/h6-7,12H,3-5,8-10H2,1-2H3,(H,18,19). The summed E-state index contributed by atoms with van der Waals surface area (Å²) in [4.78, 5) is 17.7. The minimum absolute atomic E-state index is 0.296. The van der Waals surface area contributed by atoms with E-state index in [0.29, 0.717) is 11.3 Å². The largest absolute Gasteiger partial charge is 0.478 e. The molecule has 1 N–H and O–H groups in total. The van der Waals surface area contributed by atoms with Crippen molar-refractivity contribution in [3.05, 3.63) is 23.4 Å². The smallest absolute Gasteiger partial charge is 0.337 e. The molecular formula is C15H22N2O2. The molecule has 1 aromatic rings. The number of aromatic nitrogens is 1. The van der Waals surface area contributed by atoms with Gasteiger partial charge in [-0.15, -0.1) is 0 Å². The summed E-state index contributed by atoms with van der Waals surface area (Å²) >= 11 is 0. The Kier molecular flexibility index (Phi) is 4.40. The first-order valence-electron chi connectivity index (χ1n) is 7.07. The summed E-state index contributed by atoms with van der Waals surface area (Å²) in [5, 5.41) is 9.02. The van der Waals surface area contributed by atoms with E-state index in [9.17, 15) is 4.79 Å². The molecule has 1 fully saturated rings. The molecule has 1 aliphatic rings. The number of carboxylic acids is 1. The van der Waals surface area contributed by atoms with E-state index in [4.69, 9.17) is 5.11 Å². The fourth-order valence-electron chi connectivity index (χ4n) is 2.75. The van der Waals surface area contributed by atoms with Crippen molar-refractivity contribution in [2.75, 3.05) is 18.0 Å². The third kappa shape index (κ3) is 3.25. The Morgan fingerprint density at radius 3 is 2.84 bits per heavy atom. The van der Waals surface area contributed by atoms with Gasteiger partial charge in [0.2, 0.25) is 0 Å². The minimum atomic E-state index is -0.904. The molecule has 0 radical (unpaired) electrons. The average Bonchev–Trinajstić information content (AvgIpc) is 2.63. The molecule has 2 heterocycles. The summed E-state index contributed by atoms with van der Waals surface area (Å²) in [6, 6.07) is 3.50. The number of rotatable bonds is 3. The Morgan fingerprint density at radius 2 is 2.21 bits per heavy atom. The van der Waals surface area contributed by atoms with Crippen LogP contribution in [0.4, 0.5) is 5.82 Å². The number of anilines is 1. The zero-order chi connectivity index (χ0) is 13.8. The first kappa shape index (κ1) is 13.8. The van der Waals surface area contributed by atoms with Gasteiger partial charge in [-0.25, -0.2) is 9.78 Å². The minimum Gasteiger partial charge on any atom is -0.478 e. The summed E-state index contributed by atoms with van der Waals surface area (Å²) in [5.74, 6) is 0.835. The number of carbonyl (C=O) groups is 1. The lowest BCUT2D eigenvalue weighted by Gasteiger charge is -2.22. The molecule has 0 spiro atoms. The maximum atomic E-state index is 11.0. The van der Waals surface area contributed by atoms with Crippen molar-refractivity contribution < 1.29 is 9.90 Å². The lowest BCUT2D eigenvalue weighted by atomic mass is 9.98. The number of aryl methyl sites for hydroxylation is 1. The van der Waals surface area contributed by atoms with E-state index in [2.05, 4.69) is 16.8 Å². The van der Waals surface area contributed by atoms with Crippen LogP contribution in [0.3, 0.4) is 0 Å². The SMILES string of the molecule is CCC1CCCN(c2ccc(C(=O)O)c(C)n2)CC1. The molecule has 1 unspecified atom stereocenters. The van der Waals surface area contributed by atoms with Crippen LogP contribution in [0.25, 0.3) is 0 Å². The second-order valence-corrected chi connectivity index (χ2v) is 5.30. The van der Waals surface area contributed by atoms with Crippen LogP contribution in [0.2, 0.25) is 0 Å². The van der Waals surface area contributed by atoms with Crippen molar-refractivity contribution in [1.82, 2.24) is 4.98 Å². The number of nitrogens with zero attached hydrogens (tertiary/aromatic N) is 2. The number of aromatic carboxylic acids is 1. The van der Waals surface area contributed by atoms with Crippen LogP contribution in [0.1, 0.15) is 48.7 Å². The lowest BCUT2D eigenvalue weighted by molar-refractivity contribution is 0.0695.